The summed E-state index contributed by atoms with van der Waals surface area (Å²) in [5, 5.41) is 8.78. The van der Waals surface area contributed by atoms with Gasteiger partial charge in [0, 0.05) is 17.2 Å². The van der Waals surface area contributed by atoms with Crippen LogP contribution in [0.25, 0.3) is 0 Å². The van der Waals surface area contributed by atoms with E-state index >= 15 is 0 Å². The molecule has 0 spiro atoms. The van der Waals surface area contributed by atoms with Gasteiger partial charge in [0.15, 0.2) is 0 Å². The number of nitrogen functional groups attached to an aromatic ring is 1. The number of carbonyl (C=O) groups is 1. The van der Waals surface area contributed by atoms with Gasteiger partial charge in [-0.05, 0) is 22.0 Å². The van der Waals surface area contributed by atoms with Crippen molar-refractivity contribution in [2.24, 2.45) is 0 Å². The zero-order valence-corrected chi connectivity index (χ0v) is 10.9. The third kappa shape index (κ3) is 3.88. The van der Waals surface area contributed by atoms with E-state index in [9.17, 15) is 13.6 Å². The lowest BCUT2D eigenvalue weighted by molar-refractivity contribution is 0.0508. The van der Waals surface area contributed by atoms with Gasteiger partial charge in [0.25, 0.3) is 12.3 Å². The molecule has 0 unspecified atom stereocenters. The lowest BCUT2D eigenvalue weighted by atomic mass is 10.2. The topological polar surface area (TPSA) is 79.5 Å². The molecule has 0 radical (unpaired) electrons. The van der Waals surface area contributed by atoms with E-state index in [1.54, 1.807) is 0 Å². The van der Waals surface area contributed by atoms with Crippen molar-refractivity contribution in [1.29, 1.82) is 0 Å². The van der Waals surface area contributed by atoms with E-state index in [-0.39, 0.29) is 17.9 Å². The van der Waals surface area contributed by atoms with Gasteiger partial charge in [-0.25, -0.2) is 13.8 Å². The van der Waals surface area contributed by atoms with Crippen molar-refractivity contribution in [2.45, 2.75) is 6.43 Å². The smallest absolute Gasteiger partial charge is 0.255 e. The predicted molar refractivity (Wildman–Crippen MR) is 65.3 cm³/mol. The van der Waals surface area contributed by atoms with Crippen molar-refractivity contribution in [2.75, 3.05) is 25.4 Å². The number of hydrogen-bond acceptors (Lipinski definition) is 4. The summed E-state index contributed by atoms with van der Waals surface area (Å²) in [5.74, 6) is -0.520. The molecule has 0 aromatic carbocycles. The molecule has 0 aliphatic heterocycles. The van der Waals surface area contributed by atoms with E-state index < -0.39 is 25.5 Å². The highest BCUT2D eigenvalue weighted by molar-refractivity contribution is 9.10. The van der Waals surface area contributed by atoms with Crippen LogP contribution in [0.2, 0.25) is 0 Å². The Labute approximate surface area is 111 Å². The van der Waals surface area contributed by atoms with Crippen LogP contribution in [-0.2, 0) is 0 Å². The highest BCUT2D eigenvalue weighted by Crippen LogP contribution is 2.19. The standard InChI is InChI=1S/C10H12BrF2N3O2/c11-7-4-15-9(14)3-6(7)10(18)16(1-2-17)5-8(12)13/h3-4,8,17H,1-2,5H2,(H2,14,15). The molecular weight excluding hydrogens is 312 g/mol. The summed E-state index contributed by atoms with van der Waals surface area (Å²) in [5.41, 5.74) is 5.58. The Morgan fingerprint density at radius 3 is 2.83 bits per heavy atom. The molecule has 18 heavy (non-hydrogen) atoms. The quantitative estimate of drug-likeness (QED) is 0.851. The van der Waals surface area contributed by atoms with Crippen LogP contribution in [0.15, 0.2) is 16.7 Å². The number of aromatic nitrogens is 1. The monoisotopic (exact) mass is 323 g/mol. The number of hydrogen-bond donors (Lipinski definition) is 2. The van der Waals surface area contributed by atoms with Gasteiger partial charge >= 0.3 is 0 Å². The van der Waals surface area contributed by atoms with Gasteiger partial charge in [0.1, 0.15) is 5.82 Å². The Morgan fingerprint density at radius 1 is 1.61 bits per heavy atom. The van der Waals surface area contributed by atoms with E-state index in [1.165, 1.54) is 12.3 Å². The Balaban J connectivity index is 2.97. The minimum absolute atomic E-state index is 0.113. The molecule has 0 bridgehead atoms. The average Bonchev–Trinajstić information content (AvgIpc) is 2.30. The number of rotatable bonds is 5. The fourth-order valence-corrected chi connectivity index (χ4v) is 1.74. The average molecular weight is 324 g/mol. The summed E-state index contributed by atoms with van der Waals surface area (Å²) in [7, 11) is 0. The van der Waals surface area contributed by atoms with Gasteiger partial charge in [-0.2, -0.15) is 0 Å². The number of aliphatic hydroxyl groups excluding tert-OH is 1. The van der Waals surface area contributed by atoms with Gasteiger partial charge in [-0.1, -0.05) is 0 Å². The first-order valence-electron chi connectivity index (χ1n) is 5.05. The van der Waals surface area contributed by atoms with E-state index in [0.29, 0.717) is 4.47 Å². The highest BCUT2D eigenvalue weighted by atomic mass is 79.9. The first kappa shape index (κ1) is 14.8. The number of aliphatic hydroxyl groups is 1. The van der Waals surface area contributed by atoms with Crippen LogP contribution in [-0.4, -0.2) is 47.0 Å². The van der Waals surface area contributed by atoms with Crippen LogP contribution in [0.3, 0.4) is 0 Å². The number of anilines is 1. The van der Waals surface area contributed by atoms with Crippen LogP contribution in [0.4, 0.5) is 14.6 Å². The molecule has 3 N–H and O–H groups in total. The maximum absolute atomic E-state index is 12.3. The molecule has 1 heterocycles. The fourth-order valence-electron chi connectivity index (χ4n) is 1.35. The van der Waals surface area contributed by atoms with Crippen LogP contribution < -0.4 is 5.73 Å². The van der Waals surface area contributed by atoms with Crippen molar-refractivity contribution in [3.8, 4) is 0 Å². The molecule has 5 nitrogen and oxygen atoms in total. The van der Waals surface area contributed by atoms with Crippen LogP contribution >= 0.6 is 15.9 Å². The zero-order chi connectivity index (χ0) is 13.7. The zero-order valence-electron chi connectivity index (χ0n) is 9.31. The molecule has 1 rings (SSSR count). The summed E-state index contributed by atoms with van der Waals surface area (Å²) in [4.78, 5) is 16.6. The molecule has 1 aromatic heterocycles. The van der Waals surface area contributed by atoms with Crippen molar-refractivity contribution in [1.82, 2.24) is 9.88 Å². The van der Waals surface area contributed by atoms with Crippen molar-refractivity contribution in [3.05, 3.63) is 22.3 Å². The summed E-state index contributed by atoms with van der Waals surface area (Å²) < 4.78 is 25.0. The molecule has 0 fully saturated rings. The van der Waals surface area contributed by atoms with Crippen molar-refractivity contribution >= 4 is 27.7 Å². The molecule has 0 atom stereocenters. The third-order valence-corrected chi connectivity index (χ3v) is 2.75. The SMILES string of the molecule is Nc1cc(C(=O)N(CCO)CC(F)F)c(Br)cn1. The summed E-state index contributed by atoms with van der Waals surface area (Å²) in [6.45, 7) is -1.30. The summed E-state index contributed by atoms with van der Waals surface area (Å²) in [6, 6.07) is 1.29. The molecule has 8 heteroatoms. The van der Waals surface area contributed by atoms with Crippen molar-refractivity contribution in [3.63, 3.8) is 0 Å². The van der Waals surface area contributed by atoms with Crippen molar-refractivity contribution < 1.29 is 18.7 Å². The first-order valence-corrected chi connectivity index (χ1v) is 5.84. The van der Waals surface area contributed by atoms with Crippen LogP contribution in [0, 0.1) is 0 Å². The van der Waals surface area contributed by atoms with Gasteiger partial charge < -0.3 is 15.7 Å². The molecule has 0 saturated heterocycles. The molecule has 0 saturated carbocycles. The highest BCUT2D eigenvalue weighted by Gasteiger charge is 2.21. The molecule has 1 amide bonds. The Bertz CT molecular complexity index is 432. The summed E-state index contributed by atoms with van der Waals surface area (Å²) >= 11 is 3.10. The second-order valence-corrected chi connectivity index (χ2v) is 4.31. The number of amides is 1. The number of halogens is 3. The van der Waals surface area contributed by atoms with Crippen LogP contribution in [0.1, 0.15) is 10.4 Å². The Kier molecular flexibility index (Phi) is 5.42. The fraction of sp³-hybridized carbons (Fsp3) is 0.400. The lowest BCUT2D eigenvalue weighted by Gasteiger charge is -2.21. The van der Waals surface area contributed by atoms with Gasteiger partial charge in [0.2, 0.25) is 0 Å². The Morgan fingerprint density at radius 2 is 2.28 bits per heavy atom. The number of carbonyl (C=O) groups excluding carboxylic acids is 1. The normalized spacial score (nSPS) is 10.7. The van der Waals surface area contributed by atoms with Gasteiger partial charge in [0.05, 0.1) is 18.7 Å². The summed E-state index contributed by atoms with van der Waals surface area (Å²) in [6.07, 6.45) is -1.35. The lowest BCUT2D eigenvalue weighted by Crippen LogP contribution is -2.37. The molecule has 1 aromatic rings. The molecule has 0 aliphatic rings. The molecular formula is C10H12BrF2N3O2. The van der Waals surface area contributed by atoms with Gasteiger partial charge in [-0.3, -0.25) is 4.79 Å². The van der Waals surface area contributed by atoms with E-state index in [1.807, 2.05) is 0 Å². The minimum atomic E-state index is -2.67. The number of pyridine rings is 1. The van der Waals surface area contributed by atoms with Crippen LogP contribution in [0.5, 0.6) is 0 Å². The maximum atomic E-state index is 12.3. The predicted octanol–water partition coefficient (Wildman–Crippen LogP) is 1.13. The number of alkyl halides is 2. The van der Waals surface area contributed by atoms with E-state index in [0.717, 1.165) is 4.90 Å². The number of nitrogens with two attached hydrogens (primary N) is 1. The molecule has 100 valence electrons. The second-order valence-electron chi connectivity index (χ2n) is 3.45. The largest absolute Gasteiger partial charge is 0.395 e. The van der Waals surface area contributed by atoms with E-state index in [4.69, 9.17) is 10.8 Å². The first-order chi connectivity index (χ1) is 8.45. The second kappa shape index (κ2) is 6.60. The van der Waals surface area contributed by atoms with E-state index in [2.05, 4.69) is 20.9 Å². The maximum Gasteiger partial charge on any atom is 0.255 e. The third-order valence-electron chi connectivity index (χ3n) is 2.12. The number of nitrogens with zero attached hydrogens (tertiary/aromatic N) is 2. The van der Waals surface area contributed by atoms with Gasteiger partial charge in [-0.15, -0.1) is 0 Å². The Hall–Kier alpha value is -1.28. The minimum Gasteiger partial charge on any atom is -0.395 e. The molecule has 0 aliphatic carbocycles.